The fraction of sp³-hybridized carbons (Fsp3) is 0.133. The molecule has 0 saturated heterocycles. The Hall–Kier alpha value is -1.32. The maximum absolute atomic E-state index is 11.5. The Labute approximate surface area is 125 Å². The van der Waals surface area contributed by atoms with Gasteiger partial charge in [-0.25, -0.2) is 0 Å². The van der Waals surface area contributed by atoms with Gasteiger partial charge < -0.3 is 5.11 Å². The van der Waals surface area contributed by atoms with Gasteiger partial charge in [0, 0.05) is 9.50 Å². The van der Waals surface area contributed by atoms with Crippen LogP contribution in [0.2, 0.25) is 5.02 Å². The summed E-state index contributed by atoms with van der Waals surface area (Å²) in [6.07, 6.45) is 0.423. The highest BCUT2D eigenvalue weighted by molar-refractivity contribution is 9.10. The molecule has 0 radical (unpaired) electrons. The zero-order chi connectivity index (χ0) is 13.8. The quantitative estimate of drug-likeness (QED) is 0.889. The molecule has 19 heavy (non-hydrogen) atoms. The Morgan fingerprint density at radius 2 is 1.95 bits per heavy atom. The minimum atomic E-state index is -0.835. The van der Waals surface area contributed by atoms with Crippen molar-refractivity contribution in [3.8, 4) is 0 Å². The normalized spacial score (nSPS) is 12.1. The molecule has 1 N–H and O–H groups in total. The molecule has 0 fully saturated rings. The van der Waals surface area contributed by atoms with Crippen LogP contribution in [-0.4, -0.2) is 11.1 Å². The second kappa shape index (κ2) is 6.22. The lowest BCUT2D eigenvalue weighted by Crippen LogP contribution is -2.14. The van der Waals surface area contributed by atoms with Gasteiger partial charge in [-0.2, -0.15) is 0 Å². The van der Waals surface area contributed by atoms with Gasteiger partial charge in [-0.3, -0.25) is 4.79 Å². The summed E-state index contributed by atoms with van der Waals surface area (Å²) in [5.74, 6) is -1.41. The molecule has 98 valence electrons. The first-order valence-corrected chi connectivity index (χ1v) is 6.96. The number of carboxylic acids is 1. The van der Waals surface area contributed by atoms with Gasteiger partial charge in [-0.15, -0.1) is 0 Å². The molecular weight excluding hydrogens is 328 g/mol. The summed E-state index contributed by atoms with van der Waals surface area (Å²) in [5, 5.41) is 10.0. The molecule has 2 nitrogen and oxygen atoms in total. The predicted molar refractivity (Wildman–Crippen MR) is 79.7 cm³/mol. The number of benzene rings is 2. The monoisotopic (exact) mass is 338 g/mol. The van der Waals surface area contributed by atoms with Gasteiger partial charge in [0.2, 0.25) is 0 Å². The average Bonchev–Trinajstić information content (AvgIpc) is 2.35. The summed E-state index contributed by atoms with van der Waals surface area (Å²) in [4.78, 5) is 11.5. The van der Waals surface area contributed by atoms with Crippen molar-refractivity contribution in [1.29, 1.82) is 0 Å². The second-order valence-electron chi connectivity index (χ2n) is 4.28. The zero-order valence-electron chi connectivity index (χ0n) is 10.0. The third-order valence-electron chi connectivity index (χ3n) is 2.88. The van der Waals surface area contributed by atoms with E-state index in [0.717, 1.165) is 15.6 Å². The average molecular weight is 340 g/mol. The lowest BCUT2D eigenvalue weighted by Gasteiger charge is -2.13. The van der Waals surface area contributed by atoms with Gasteiger partial charge in [-0.1, -0.05) is 51.8 Å². The van der Waals surface area contributed by atoms with E-state index in [1.165, 1.54) is 0 Å². The molecule has 2 rings (SSSR count). The molecule has 1 unspecified atom stereocenters. The van der Waals surface area contributed by atoms with Crippen LogP contribution in [0.3, 0.4) is 0 Å². The van der Waals surface area contributed by atoms with Crippen LogP contribution >= 0.6 is 27.5 Å². The molecule has 0 aliphatic carbocycles. The molecule has 0 aliphatic rings. The van der Waals surface area contributed by atoms with E-state index in [9.17, 15) is 9.90 Å². The van der Waals surface area contributed by atoms with E-state index < -0.39 is 11.9 Å². The fourth-order valence-electron chi connectivity index (χ4n) is 1.97. The van der Waals surface area contributed by atoms with Crippen molar-refractivity contribution < 1.29 is 9.90 Å². The second-order valence-corrected chi connectivity index (χ2v) is 5.63. The van der Waals surface area contributed by atoms with Gasteiger partial charge in [0.1, 0.15) is 0 Å². The number of rotatable bonds is 4. The van der Waals surface area contributed by atoms with Gasteiger partial charge in [0.15, 0.2) is 0 Å². The number of carboxylic acid groups (broad SMARTS) is 1. The Balaban J connectivity index is 2.29. The van der Waals surface area contributed by atoms with Crippen molar-refractivity contribution in [2.75, 3.05) is 0 Å². The minimum absolute atomic E-state index is 0.423. The lowest BCUT2D eigenvalue weighted by molar-refractivity contribution is -0.138. The first-order valence-electron chi connectivity index (χ1n) is 5.79. The van der Waals surface area contributed by atoms with Gasteiger partial charge in [0.25, 0.3) is 0 Å². The van der Waals surface area contributed by atoms with Crippen LogP contribution in [0.1, 0.15) is 17.0 Å². The first-order chi connectivity index (χ1) is 9.06. The number of carbonyl (C=O) groups is 1. The van der Waals surface area contributed by atoms with Crippen molar-refractivity contribution >= 4 is 33.5 Å². The molecule has 2 aromatic carbocycles. The Bertz CT molecular complexity index is 598. The highest BCUT2D eigenvalue weighted by Gasteiger charge is 2.20. The van der Waals surface area contributed by atoms with E-state index in [4.69, 9.17) is 11.6 Å². The van der Waals surface area contributed by atoms with E-state index in [0.29, 0.717) is 11.4 Å². The number of aliphatic carboxylic acids is 1. The SMILES string of the molecule is O=C(O)C(Cc1cccc(Cl)c1)c1cccc(Br)c1. The molecule has 4 heteroatoms. The maximum atomic E-state index is 11.5. The van der Waals surface area contributed by atoms with Crippen molar-refractivity contribution in [2.45, 2.75) is 12.3 Å². The Kier molecular flexibility index (Phi) is 4.61. The summed E-state index contributed by atoms with van der Waals surface area (Å²) in [6.45, 7) is 0. The van der Waals surface area contributed by atoms with Gasteiger partial charge in [-0.05, 0) is 41.8 Å². The van der Waals surface area contributed by atoms with E-state index in [-0.39, 0.29) is 0 Å². The summed E-state index contributed by atoms with van der Waals surface area (Å²) in [7, 11) is 0. The molecule has 0 aliphatic heterocycles. The smallest absolute Gasteiger partial charge is 0.311 e. The van der Waals surface area contributed by atoms with Crippen molar-refractivity contribution in [2.24, 2.45) is 0 Å². The van der Waals surface area contributed by atoms with Gasteiger partial charge in [0.05, 0.1) is 5.92 Å². The molecule has 0 spiro atoms. The molecule has 0 heterocycles. The topological polar surface area (TPSA) is 37.3 Å². The van der Waals surface area contributed by atoms with Crippen LogP contribution in [0, 0.1) is 0 Å². The molecule has 1 atom stereocenters. The van der Waals surface area contributed by atoms with Crippen molar-refractivity contribution in [3.63, 3.8) is 0 Å². The zero-order valence-corrected chi connectivity index (χ0v) is 12.4. The van der Waals surface area contributed by atoms with E-state index >= 15 is 0 Å². The maximum Gasteiger partial charge on any atom is 0.311 e. The molecule has 2 aromatic rings. The standard InChI is InChI=1S/C15H12BrClO2/c16-12-5-2-4-11(9-12)14(15(18)19)8-10-3-1-6-13(17)7-10/h1-7,9,14H,8H2,(H,18,19). The van der Waals surface area contributed by atoms with Crippen LogP contribution in [0.4, 0.5) is 0 Å². The van der Waals surface area contributed by atoms with Crippen LogP contribution in [0.15, 0.2) is 53.0 Å². The number of hydrogen-bond donors (Lipinski definition) is 1. The van der Waals surface area contributed by atoms with Crippen LogP contribution in [0.25, 0.3) is 0 Å². The summed E-state index contributed by atoms with van der Waals surface area (Å²) in [6, 6.07) is 14.7. The van der Waals surface area contributed by atoms with E-state index in [1.807, 2.05) is 36.4 Å². The molecule has 0 amide bonds. The number of hydrogen-bond acceptors (Lipinski definition) is 1. The van der Waals surface area contributed by atoms with E-state index in [2.05, 4.69) is 15.9 Å². The van der Waals surface area contributed by atoms with Crippen LogP contribution in [0.5, 0.6) is 0 Å². The lowest BCUT2D eigenvalue weighted by atomic mass is 9.92. The van der Waals surface area contributed by atoms with Gasteiger partial charge >= 0.3 is 5.97 Å². The van der Waals surface area contributed by atoms with Crippen molar-refractivity contribution in [3.05, 3.63) is 69.2 Å². The molecular formula is C15H12BrClO2. The third-order valence-corrected chi connectivity index (χ3v) is 3.61. The summed E-state index contributed by atoms with van der Waals surface area (Å²) < 4.78 is 0.877. The Morgan fingerprint density at radius 1 is 1.21 bits per heavy atom. The molecule has 0 saturated carbocycles. The summed E-state index contributed by atoms with van der Waals surface area (Å²) >= 11 is 9.29. The predicted octanol–water partition coefficient (Wildman–Crippen LogP) is 4.51. The van der Waals surface area contributed by atoms with Crippen LogP contribution < -0.4 is 0 Å². The molecule has 0 bridgehead atoms. The van der Waals surface area contributed by atoms with Crippen molar-refractivity contribution in [1.82, 2.24) is 0 Å². The summed E-state index contributed by atoms with van der Waals surface area (Å²) in [5.41, 5.74) is 1.70. The highest BCUT2D eigenvalue weighted by Crippen LogP contribution is 2.25. The minimum Gasteiger partial charge on any atom is -0.481 e. The van der Waals surface area contributed by atoms with Crippen LogP contribution in [-0.2, 0) is 11.2 Å². The Morgan fingerprint density at radius 3 is 2.58 bits per heavy atom. The molecule has 0 aromatic heterocycles. The largest absolute Gasteiger partial charge is 0.481 e. The first kappa shape index (κ1) is 14.1. The van der Waals surface area contributed by atoms with E-state index in [1.54, 1.807) is 12.1 Å². The number of halogens is 2. The highest BCUT2D eigenvalue weighted by atomic mass is 79.9. The third kappa shape index (κ3) is 3.82. The fourth-order valence-corrected chi connectivity index (χ4v) is 2.60.